The predicted molar refractivity (Wildman–Crippen MR) is 418 cm³/mol. The van der Waals surface area contributed by atoms with E-state index in [0.717, 1.165) is 13.8 Å². The first kappa shape index (κ1) is 114. The molecule has 0 unspecified atom stereocenters. The molecule has 808 valence electrons. The second-order valence-corrected chi connectivity index (χ2v) is 35.2. The van der Waals surface area contributed by atoms with Gasteiger partial charge in [-0.1, -0.05) is 0 Å². The van der Waals surface area contributed by atoms with E-state index in [1.54, 1.807) is 0 Å². The molecule has 0 aromatic carbocycles. The minimum Gasteiger partial charge on any atom is -0.394 e. The first-order valence-electron chi connectivity index (χ1n) is 44.2. The van der Waals surface area contributed by atoms with E-state index in [1.165, 1.54) is 0 Å². The number of carbonyl (C=O) groups is 2. The number of carbonyl (C=O) groups excluding carboxylic acids is 2. The minimum absolute atomic E-state index is 0.840. The standard InChI is InChI=1S/C76H128N2O61/c1-15(89)77-29-41(101)56(25(11-87)119-65(29)116)131-66-30(78-16(2)90)42(102)57(26(12-88)128-66)132-72-55(115)60(135-75-64(49(109)37(97)22(8-84)126-75)139-76-63(48(108)36(96)23(9-85)127-76)138-71-54(114)58(38(98)24(10-86)123-71)133-68-50(110)43(103)31(91)17(3-79)120-68)40(100)28(130-72)13-117-67-53(113)59(134-74-62(47(107)35(95)21(7-83)125-74)137-70-52(112)45(105)33(93)19(5-81)122-70)39(99)27(129-67)14-118-73-61(46(106)34(94)20(6-82)124-73)136-69-51(111)44(104)32(92)18(4-80)121-69/h17-76,79-88,91-116H,3-14H2,1-2H3,(H,77,89)(H,78,90)/t17-,18-,19-,20-,21-,22-,23-,24-,25-,26-,27-,28-,29-,30-,31-,32-,33-,34-,35-,36-,37-,38-,39-,40-,41-,42-,43+,44+,45+,46+,47+,48+,49+,50-,51+,52+,53+,54+,55+,56-,57-,58+,59+,60+,61+,62+,63+,64+,65+,66-,67+,68-,69-,70-,71-,72+,73+,74-,75-,76-/m1/s1. The summed E-state index contributed by atoms with van der Waals surface area (Å²) in [6, 6.07) is -3.77. The molecule has 0 saturated carbocycles. The van der Waals surface area contributed by atoms with Gasteiger partial charge in [0.2, 0.25) is 11.8 Å². The molecule has 38 N–H and O–H groups in total. The molecule has 63 nitrogen and oxygen atoms in total. The van der Waals surface area contributed by atoms with Crippen LogP contribution < -0.4 is 10.6 Å². The van der Waals surface area contributed by atoms with Crippen LogP contribution in [-0.2, 0) is 119 Å². The maximum Gasteiger partial charge on any atom is 0.217 e. The van der Waals surface area contributed by atoms with Gasteiger partial charge in [0, 0.05) is 13.8 Å². The van der Waals surface area contributed by atoms with Gasteiger partial charge in [0.25, 0.3) is 0 Å². The molecule has 0 radical (unpaired) electrons. The molecule has 12 fully saturated rings. The van der Waals surface area contributed by atoms with Crippen molar-refractivity contribution in [1.29, 1.82) is 0 Å². The number of nitrogens with one attached hydrogen (secondary N) is 2. The van der Waals surface area contributed by atoms with Crippen molar-refractivity contribution in [2.75, 3.05) is 79.3 Å². The average Bonchev–Trinajstić information content (AvgIpc) is 0.764. The molecule has 139 heavy (non-hydrogen) atoms. The van der Waals surface area contributed by atoms with Crippen molar-refractivity contribution >= 4 is 11.8 Å². The van der Waals surface area contributed by atoms with Gasteiger partial charge in [-0.25, -0.2) is 0 Å². The summed E-state index contributed by atoms with van der Waals surface area (Å²) in [4.78, 5) is 25.5. The van der Waals surface area contributed by atoms with Crippen molar-refractivity contribution in [2.45, 2.75) is 382 Å². The van der Waals surface area contributed by atoms with E-state index in [4.69, 9.17) is 109 Å². The van der Waals surface area contributed by atoms with Crippen molar-refractivity contribution in [2.24, 2.45) is 0 Å². The van der Waals surface area contributed by atoms with Crippen LogP contribution in [0.5, 0.6) is 0 Å². The molecule has 0 aromatic heterocycles. The Labute approximate surface area is 784 Å². The molecule has 12 heterocycles. The van der Waals surface area contributed by atoms with Crippen molar-refractivity contribution in [3.05, 3.63) is 0 Å². The normalized spacial score (nSPS) is 51.9. The van der Waals surface area contributed by atoms with Crippen molar-refractivity contribution < 1.29 is 302 Å². The Kier molecular flexibility index (Phi) is 41.0. The number of hydrogen-bond donors (Lipinski definition) is 38. The fraction of sp³-hybridized carbons (Fsp3) is 0.974. The van der Waals surface area contributed by atoms with Crippen LogP contribution in [0.15, 0.2) is 0 Å². The third-order valence-corrected chi connectivity index (χ3v) is 25.9. The van der Waals surface area contributed by atoms with Gasteiger partial charge in [-0.3, -0.25) is 9.59 Å². The molecule has 2 amide bonds. The largest absolute Gasteiger partial charge is 0.394 e. The van der Waals surface area contributed by atoms with Gasteiger partial charge >= 0.3 is 0 Å². The van der Waals surface area contributed by atoms with Crippen LogP contribution >= 0.6 is 0 Å². The first-order valence-corrected chi connectivity index (χ1v) is 44.2. The van der Waals surface area contributed by atoms with E-state index in [-0.39, 0.29) is 0 Å². The quantitative estimate of drug-likeness (QED) is 0.0277. The zero-order valence-corrected chi connectivity index (χ0v) is 73.4. The van der Waals surface area contributed by atoms with Crippen LogP contribution in [0, 0.1) is 0 Å². The third kappa shape index (κ3) is 24.5. The van der Waals surface area contributed by atoms with Crippen molar-refractivity contribution in [1.82, 2.24) is 10.6 Å². The van der Waals surface area contributed by atoms with Crippen molar-refractivity contribution in [3.8, 4) is 0 Å². The fourth-order valence-electron chi connectivity index (χ4n) is 17.9. The van der Waals surface area contributed by atoms with E-state index in [9.17, 15) is 193 Å². The smallest absolute Gasteiger partial charge is 0.217 e. The van der Waals surface area contributed by atoms with E-state index in [0.29, 0.717) is 0 Å². The van der Waals surface area contributed by atoms with Gasteiger partial charge in [0.15, 0.2) is 75.5 Å². The van der Waals surface area contributed by atoms with Gasteiger partial charge in [0.05, 0.1) is 79.3 Å². The Bertz CT molecular complexity index is 3730. The molecule has 12 aliphatic heterocycles. The Morgan fingerprint density at radius 3 is 0.734 bits per heavy atom. The minimum atomic E-state index is -2.75. The molecule has 63 heteroatoms. The van der Waals surface area contributed by atoms with Gasteiger partial charge in [-0.15, -0.1) is 0 Å². The van der Waals surface area contributed by atoms with Crippen LogP contribution in [0.1, 0.15) is 13.8 Å². The van der Waals surface area contributed by atoms with Crippen LogP contribution in [-0.4, -0.2) is 643 Å². The highest BCUT2D eigenvalue weighted by Gasteiger charge is 2.63. The molecule has 0 aliphatic carbocycles. The van der Waals surface area contributed by atoms with Crippen molar-refractivity contribution in [3.63, 3.8) is 0 Å². The SMILES string of the molecule is CC(=O)N[C@@H]1[C@@H](O)[C@H](O[C@H]2O[C@H](CO)[C@@H](O[C@@H]3O[C@H](CO[C@H]4O[C@H](CO[C@H]5O[C@H](CO)[C@@H](O)[C@H](O)[C@@H]5O[C@H]5O[C@H](CO)[C@@H](O)[C@H](O)[C@@H]5O)[C@@H](O)[C@H](O[C@H]5O[C@H](CO)[C@@H](O)[C@H](O)[C@@H]5O[C@H]5O[C@H](CO)[C@@H](O)[C@H](O)[C@@H]5O)[C@@H]4O)[C@@H](O)[C@H](O[C@H]4O[C@H](CO)[C@@H](O)[C@H](O)[C@@H]4O[C@H]4O[C@H](CO)[C@@H](O)[C@H](O)[C@@H]4O[C@H]4O[C@H](CO)[C@@H](O)[C@H](O[C@H]5O[C@H](CO)[C@@H](O)[C@H](O)[C@H]5O)[C@@H]4O)[C@@H]3O)[C@H](O)[C@H]2NC(C)=O)[C@@H](CO)O[C@@H]1O. The Morgan fingerprint density at radius 1 is 0.187 bits per heavy atom. The number of ether oxygens (including phenoxy) is 23. The summed E-state index contributed by atoms with van der Waals surface area (Å²) in [7, 11) is 0. The lowest BCUT2D eigenvalue weighted by Crippen LogP contribution is -2.70. The number of aliphatic hydroxyl groups is 36. The van der Waals surface area contributed by atoms with Gasteiger partial charge < -0.3 is 303 Å². The summed E-state index contributed by atoms with van der Waals surface area (Å²) < 4.78 is 136. The molecule has 0 aromatic rings. The van der Waals surface area contributed by atoms with E-state index >= 15 is 0 Å². The lowest BCUT2D eigenvalue weighted by atomic mass is 9.94. The molecule has 12 rings (SSSR count). The third-order valence-electron chi connectivity index (χ3n) is 25.9. The fourth-order valence-corrected chi connectivity index (χ4v) is 17.9. The monoisotopic (exact) mass is 2040 g/mol. The summed E-state index contributed by atoms with van der Waals surface area (Å²) in [6.07, 6.45) is -130. The second-order valence-electron chi connectivity index (χ2n) is 35.2. The number of aliphatic hydroxyl groups excluding tert-OH is 36. The Balaban J connectivity index is 0.905. The lowest BCUT2D eigenvalue weighted by molar-refractivity contribution is -0.411. The van der Waals surface area contributed by atoms with Crippen LogP contribution in [0.2, 0.25) is 0 Å². The van der Waals surface area contributed by atoms with Crippen LogP contribution in [0.4, 0.5) is 0 Å². The molecule has 12 aliphatic rings. The van der Waals surface area contributed by atoms with Gasteiger partial charge in [0.1, 0.15) is 293 Å². The van der Waals surface area contributed by atoms with E-state index in [1.807, 2.05) is 0 Å². The Hall–Kier alpha value is -3.42. The number of amides is 2. The van der Waals surface area contributed by atoms with Gasteiger partial charge in [-0.05, 0) is 0 Å². The van der Waals surface area contributed by atoms with Crippen LogP contribution in [0.25, 0.3) is 0 Å². The number of hydrogen-bond acceptors (Lipinski definition) is 61. The summed E-state index contributed by atoms with van der Waals surface area (Å²) in [5.74, 6) is -1.86. The summed E-state index contributed by atoms with van der Waals surface area (Å²) in [5.41, 5.74) is 0. The maximum absolute atomic E-state index is 13.2. The number of rotatable bonds is 36. The summed E-state index contributed by atoms with van der Waals surface area (Å²) >= 11 is 0. The lowest BCUT2D eigenvalue weighted by Gasteiger charge is -2.51. The highest BCUT2D eigenvalue weighted by molar-refractivity contribution is 5.73. The first-order chi connectivity index (χ1) is 65.9. The average molecular weight is 2050 g/mol. The summed E-state index contributed by atoms with van der Waals surface area (Å²) in [6.45, 7) is -12.4. The molecular weight excluding hydrogens is 1920 g/mol. The van der Waals surface area contributed by atoms with Crippen LogP contribution in [0.3, 0.4) is 0 Å². The predicted octanol–water partition coefficient (Wildman–Crippen LogP) is -26.9. The van der Waals surface area contributed by atoms with Gasteiger partial charge in [-0.2, -0.15) is 0 Å². The second kappa shape index (κ2) is 49.8. The zero-order valence-electron chi connectivity index (χ0n) is 73.4. The van der Waals surface area contributed by atoms with E-state index < -0.39 is 459 Å². The maximum atomic E-state index is 13.2. The highest BCUT2D eigenvalue weighted by atomic mass is 16.8. The molecule has 60 atom stereocenters. The summed E-state index contributed by atoms with van der Waals surface area (Å²) in [5, 5.41) is 408. The molecular formula is C76H128N2O61. The topological polar surface area (TPSA) is 999 Å². The Morgan fingerprint density at radius 2 is 0.396 bits per heavy atom. The molecule has 0 spiro atoms. The highest BCUT2D eigenvalue weighted by Crippen LogP contribution is 2.43. The zero-order chi connectivity index (χ0) is 102. The molecule has 0 bridgehead atoms. The van der Waals surface area contributed by atoms with E-state index in [2.05, 4.69) is 10.6 Å². The molecule has 12 saturated heterocycles.